The average Bonchev–Trinajstić information content (AvgIpc) is 3.27. The number of rotatable bonds is 4. The van der Waals surface area contributed by atoms with Crippen LogP contribution in [0.1, 0.15) is 39.0 Å². The molecule has 1 aliphatic heterocycles. The molecule has 0 unspecified atom stereocenters. The number of hydrogen-bond donors (Lipinski definition) is 1. The van der Waals surface area contributed by atoms with Crippen molar-refractivity contribution in [1.82, 2.24) is 4.90 Å². The van der Waals surface area contributed by atoms with Crippen LogP contribution < -0.4 is 5.32 Å². The standard InChI is InChI=1S/C23H24N2O3/c1-16(25-20(26)15-23(22(25)28)13-7-8-14-23)21(27)24-19-12-6-5-11-18(19)17-9-3-2-4-10-17/h2-6,9-12,16H,7-8,13-15H2,1H3,(H,24,27)/t16-/m0/s1. The highest BCUT2D eigenvalue weighted by molar-refractivity contribution is 6.10. The maximum atomic E-state index is 13.0. The molecule has 0 aromatic heterocycles. The minimum Gasteiger partial charge on any atom is -0.324 e. The van der Waals surface area contributed by atoms with Gasteiger partial charge in [0.1, 0.15) is 6.04 Å². The van der Waals surface area contributed by atoms with Gasteiger partial charge in [0.15, 0.2) is 0 Å². The third kappa shape index (κ3) is 3.11. The summed E-state index contributed by atoms with van der Waals surface area (Å²) in [6.45, 7) is 1.63. The Kier molecular flexibility index (Phi) is 4.75. The normalized spacial score (nSPS) is 19.2. The van der Waals surface area contributed by atoms with Gasteiger partial charge in [-0.25, -0.2) is 0 Å². The summed E-state index contributed by atoms with van der Waals surface area (Å²) >= 11 is 0. The van der Waals surface area contributed by atoms with Crippen LogP contribution >= 0.6 is 0 Å². The maximum absolute atomic E-state index is 13.0. The van der Waals surface area contributed by atoms with Gasteiger partial charge < -0.3 is 5.32 Å². The van der Waals surface area contributed by atoms with Crippen LogP contribution in [0.25, 0.3) is 11.1 Å². The summed E-state index contributed by atoms with van der Waals surface area (Å²) in [6.07, 6.45) is 3.68. The maximum Gasteiger partial charge on any atom is 0.247 e. The quantitative estimate of drug-likeness (QED) is 0.820. The van der Waals surface area contributed by atoms with Gasteiger partial charge >= 0.3 is 0 Å². The Morgan fingerprint density at radius 1 is 1.00 bits per heavy atom. The number of carbonyl (C=O) groups excluding carboxylic acids is 3. The first-order chi connectivity index (χ1) is 13.5. The largest absolute Gasteiger partial charge is 0.324 e. The summed E-state index contributed by atoms with van der Waals surface area (Å²) in [5, 5.41) is 2.92. The first kappa shape index (κ1) is 18.4. The fourth-order valence-corrected chi connectivity index (χ4v) is 4.47. The van der Waals surface area contributed by atoms with E-state index in [4.69, 9.17) is 0 Å². The fourth-order valence-electron chi connectivity index (χ4n) is 4.47. The number of hydrogen-bond acceptors (Lipinski definition) is 3. The Bertz CT molecular complexity index is 916. The predicted octanol–water partition coefficient (Wildman–Crippen LogP) is 4.00. The third-order valence-electron chi connectivity index (χ3n) is 6.03. The van der Waals surface area contributed by atoms with E-state index in [-0.39, 0.29) is 24.1 Å². The zero-order chi connectivity index (χ0) is 19.7. The summed E-state index contributed by atoms with van der Waals surface area (Å²) in [5.41, 5.74) is 1.99. The number of carbonyl (C=O) groups is 3. The van der Waals surface area contributed by atoms with Crippen LogP contribution in [-0.2, 0) is 14.4 Å². The smallest absolute Gasteiger partial charge is 0.247 e. The van der Waals surface area contributed by atoms with Crippen LogP contribution in [0.5, 0.6) is 0 Å². The minimum atomic E-state index is -0.830. The number of likely N-dealkylation sites (tertiary alicyclic amines) is 1. The van der Waals surface area contributed by atoms with Crippen molar-refractivity contribution in [2.75, 3.05) is 5.32 Å². The molecule has 2 aliphatic rings. The van der Waals surface area contributed by atoms with E-state index >= 15 is 0 Å². The van der Waals surface area contributed by atoms with E-state index in [1.54, 1.807) is 6.92 Å². The monoisotopic (exact) mass is 376 g/mol. The zero-order valence-corrected chi connectivity index (χ0v) is 16.0. The molecule has 1 spiro atoms. The van der Waals surface area contributed by atoms with E-state index in [1.807, 2.05) is 54.6 Å². The number of para-hydroxylation sites is 1. The van der Waals surface area contributed by atoms with Crippen molar-refractivity contribution in [2.24, 2.45) is 5.41 Å². The van der Waals surface area contributed by atoms with Crippen molar-refractivity contribution in [3.63, 3.8) is 0 Å². The van der Waals surface area contributed by atoms with Gasteiger partial charge in [0.05, 0.1) is 5.41 Å². The van der Waals surface area contributed by atoms with Crippen molar-refractivity contribution in [2.45, 2.75) is 45.1 Å². The van der Waals surface area contributed by atoms with Crippen LogP contribution in [0.3, 0.4) is 0 Å². The lowest BCUT2D eigenvalue weighted by molar-refractivity contribution is -0.147. The van der Waals surface area contributed by atoms with Gasteiger partial charge in [-0.15, -0.1) is 0 Å². The van der Waals surface area contributed by atoms with E-state index < -0.39 is 11.5 Å². The summed E-state index contributed by atoms with van der Waals surface area (Å²) < 4.78 is 0. The molecule has 2 aromatic rings. The number of nitrogens with one attached hydrogen (secondary N) is 1. The molecule has 2 fully saturated rings. The van der Waals surface area contributed by atoms with E-state index in [0.29, 0.717) is 5.69 Å². The third-order valence-corrected chi connectivity index (χ3v) is 6.03. The van der Waals surface area contributed by atoms with E-state index in [1.165, 1.54) is 4.90 Å². The lowest BCUT2D eigenvalue weighted by Gasteiger charge is -2.25. The summed E-state index contributed by atoms with van der Waals surface area (Å²) in [5.74, 6) is -0.750. The first-order valence-corrected chi connectivity index (χ1v) is 9.84. The number of benzene rings is 2. The second kappa shape index (κ2) is 7.23. The van der Waals surface area contributed by atoms with Gasteiger partial charge in [-0.2, -0.15) is 0 Å². The molecule has 5 nitrogen and oxygen atoms in total. The second-order valence-corrected chi connectivity index (χ2v) is 7.81. The zero-order valence-electron chi connectivity index (χ0n) is 16.0. The fraction of sp³-hybridized carbons (Fsp3) is 0.348. The topological polar surface area (TPSA) is 66.5 Å². The molecule has 1 atom stereocenters. The lowest BCUT2D eigenvalue weighted by Crippen LogP contribution is -2.46. The van der Waals surface area contributed by atoms with Gasteiger partial charge in [-0.1, -0.05) is 61.4 Å². The molecule has 28 heavy (non-hydrogen) atoms. The van der Waals surface area contributed by atoms with E-state index in [2.05, 4.69) is 5.32 Å². The second-order valence-electron chi connectivity index (χ2n) is 7.81. The van der Waals surface area contributed by atoms with Crippen LogP contribution in [0.15, 0.2) is 54.6 Å². The molecular weight excluding hydrogens is 352 g/mol. The van der Waals surface area contributed by atoms with Crippen molar-refractivity contribution in [1.29, 1.82) is 0 Å². The number of amides is 3. The highest BCUT2D eigenvalue weighted by Gasteiger charge is 2.54. The Hall–Kier alpha value is -2.95. The van der Waals surface area contributed by atoms with Gasteiger partial charge in [0.25, 0.3) is 0 Å². The Balaban J connectivity index is 1.55. The molecule has 144 valence electrons. The molecule has 4 rings (SSSR count). The van der Waals surface area contributed by atoms with Crippen molar-refractivity contribution in [3.05, 3.63) is 54.6 Å². The van der Waals surface area contributed by atoms with Gasteiger partial charge in [-0.05, 0) is 31.4 Å². The SMILES string of the molecule is C[C@@H](C(=O)Nc1ccccc1-c1ccccc1)N1C(=O)CC2(CCCC2)C1=O. The molecule has 0 bridgehead atoms. The van der Waals surface area contributed by atoms with Crippen LogP contribution in [-0.4, -0.2) is 28.7 Å². The van der Waals surface area contributed by atoms with Gasteiger partial charge in [-0.3, -0.25) is 19.3 Å². The van der Waals surface area contributed by atoms with Crippen LogP contribution in [0.4, 0.5) is 5.69 Å². The van der Waals surface area contributed by atoms with Crippen molar-refractivity contribution < 1.29 is 14.4 Å². The Morgan fingerprint density at radius 2 is 1.64 bits per heavy atom. The summed E-state index contributed by atoms with van der Waals surface area (Å²) in [6, 6.07) is 16.5. The van der Waals surface area contributed by atoms with E-state index in [9.17, 15) is 14.4 Å². The molecule has 1 N–H and O–H groups in total. The lowest BCUT2D eigenvalue weighted by atomic mass is 9.84. The highest BCUT2D eigenvalue weighted by atomic mass is 16.2. The summed E-state index contributed by atoms with van der Waals surface area (Å²) in [7, 11) is 0. The van der Waals surface area contributed by atoms with Crippen molar-refractivity contribution in [3.8, 4) is 11.1 Å². The van der Waals surface area contributed by atoms with Crippen molar-refractivity contribution >= 4 is 23.4 Å². The predicted molar refractivity (Wildman–Crippen MR) is 107 cm³/mol. The van der Waals surface area contributed by atoms with E-state index in [0.717, 1.165) is 36.8 Å². The molecule has 1 saturated heterocycles. The number of anilines is 1. The molecule has 2 aromatic carbocycles. The van der Waals surface area contributed by atoms with Gasteiger partial charge in [0.2, 0.25) is 17.7 Å². The van der Waals surface area contributed by atoms with Gasteiger partial charge in [0, 0.05) is 17.7 Å². The van der Waals surface area contributed by atoms with Crippen LogP contribution in [0.2, 0.25) is 0 Å². The average molecular weight is 376 g/mol. The molecule has 0 radical (unpaired) electrons. The minimum absolute atomic E-state index is 0.172. The molecule has 3 amide bonds. The first-order valence-electron chi connectivity index (χ1n) is 9.84. The highest BCUT2D eigenvalue weighted by Crippen LogP contribution is 2.47. The molecule has 1 heterocycles. The van der Waals surface area contributed by atoms with Crippen LogP contribution in [0, 0.1) is 5.41 Å². The molecular formula is C23H24N2O3. The molecule has 5 heteroatoms. The Labute approximate surface area is 164 Å². The number of imide groups is 1. The molecule has 1 saturated carbocycles. The molecule has 1 aliphatic carbocycles. The number of nitrogens with zero attached hydrogens (tertiary/aromatic N) is 1. The summed E-state index contributed by atoms with van der Waals surface area (Å²) in [4.78, 5) is 39.6. The Morgan fingerprint density at radius 3 is 2.36 bits per heavy atom.